The second kappa shape index (κ2) is 5.18. The summed E-state index contributed by atoms with van der Waals surface area (Å²) in [4.78, 5) is 24.3. The fourth-order valence-electron chi connectivity index (χ4n) is 1.58. The molecule has 0 spiro atoms. The molecule has 1 fully saturated rings. The molecule has 0 atom stereocenters. The van der Waals surface area contributed by atoms with E-state index in [0.717, 1.165) is 25.9 Å². The maximum atomic E-state index is 11.7. The zero-order valence-corrected chi connectivity index (χ0v) is 9.95. The molecule has 0 aromatic heterocycles. The van der Waals surface area contributed by atoms with E-state index in [1.807, 2.05) is 0 Å². The minimum Gasteiger partial charge on any atom is -0.481 e. The van der Waals surface area contributed by atoms with Crippen LogP contribution in [0.1, 0.15) is 33.1 Å². The lowest BCUT2D eigenvalue weighted by Crippen LogP contribution is -2.47. The number of aliphatic carboxylic acids is 1. The van der Waals surface area contributed by atoms with Crippen molar-refractivity contribution in [3.63, 3.8) is 0 Å². The van der Waals surface area contributed by atoms with Gasteiger partial charge in [-0.15, -0.1) is 0 Å². The molecule has 2 amide bonds. The first kappa shape index (κ1) is 12.8. The highest BCUT2D eigenvalue weighted by atomic mass is 16.4. The number of amides is 2. The van der Waals surface area contributed by atoms with E-state index in [4.69, 9.17) is 5.11 Å². The topological polar surface area (TPSA) is 69.6 Å². The van der Waals surface area contributed by atoms with Crippen molar-refractivity contribution in [3.05, 3.63) is 0 Å². The molecule has 1 aliphatic heterocycles. The Bertz CT molecular complexity index is 270. The summed E-state index contributed by atoms with van der Waals surface area (Å²) < 4.78 is 0. The zero-order valence-electron chi connectivity index (χ0n) is 9.95. The number of carbonyl (C=O) groups is 2. The lowest BCUT2D eigenvalue weighted by Gasteiger charge is -2.28. The number of nitrogens with one attached hydrogen (secondary N) is 1. The van der Waals surface area contributed by atoms with E-state index in [0.29, 0.717) is 0 Å². The van der Waals surface area contributed by atoms with Gasteiger partial charge in [-0.05, 0) is 33.1 Å². The van der Waals surface area contributed by atoms with E-state index in [1.165, 1.54) is 6.42 Å². The Hall–Kier alpha value is -1.26. The van der Waals surface area contributed by atoms with Crippen LogP contribution in [0.3, 0.4) is 0 Å². The number of rotatable bonds is 3. The van der Waals surface area contributed by atoms with Crippen molar-refractivity contribution in [1.29, 1.82) is 0 Å². The Morgan fingerprint density at radius 2 is 1.81 bits per heavy atom. The van der Waals surface area contributed by atoms with Crippen molar-refractivity contribution in [2.45, 2.75) is 33.1 Å². The number of nitrogens with zero attached hydrogens (tertiary/aromatic N) is 1. The SMILES string of the molecule is CC(C)(CNC(=O)N1CCCCC1)C(=O)O. The lowest BCUT2D eigenvalue weighted by molar-refractivity contribution is -0.146. The molecule has 1 aliphatic rings. The van der Waals surface area contributed by atoms with Crippen LogP contribution >= 0.6 is 0 Å². The van der Waals surface area contributed by atoms with Gasteiger partial charge in [0.15, 0.2) is 0 Å². The molecule has 0 saturated carbocycles. The molecule has 5 heteroatoms. The van der Waals surface area contributed by atoms with Crippen molar-refractivity contribution >= 4 is 12.0 Å². The van der Waals surface area contributed by atoms with Crippen LogP contribution in [-0.4, -0.2) is 41.6 Å². The van der Waals surface area contributed by atoms with Crippen LogP contribution < -0.4 is 5.32 Å². The standard InChI is InChI=1S/C11H20N2O3/c1-11(2,9(14)15)8-12-10(16)13-6-4-3-5-7-13/h3-8H2,1-2H3,(H,12,16)(H,14,15). The molecule has 0 aromatic carbocycles. The van der Waals surface area contributed by atoms with Crippen LogP contribution in [0.25, 0.3) is 0 Å². The maximum absolute atomic E-state index is 11.7. The molecule has 16 heavy (non-hydrogen) atoms. The molecule has 0 bridgehead atoms. The first-order valence-electron chi connectivity index (χ1n) is 5.70. The Morgan fingerprint density at radius 1 is 1.25 bits per heavy atom. The smallest absolute Gasteiger partial charge is 0.317 e. The second-order valence-electron chi connectivity index (χ2n) is 4.90. The molecular weight excluding hydrogens is 208 g/mol. The third-order valence-corrected chi connectivity index (χ3v) is 2.90. The molecule has 1 rings (SSSR count). The van der Waals surface area contributed by atoms with E-state index in [9.17, 15) is 9.59 Å². The van der Waals surface area contributed by atoms with Gasteiger partial charge < -0.3 is 15.3 Å². The van der Waals surface area contributed by atoms with Crippen LogP contribution in [0.5, 0.6) is 0 Å². The number of urea groups is 1. The average Bonchev–Trinajstić information content (AvgIpc) is 2.27. The average molecular weight is 228 g/mol. The van der Waals surface area contributed by atoms with Gasteiger partial charge in [-0.3, -0.25) is 4.79 Å². The number of hydrogen-bond donors (Lipinski definition) is 2. The molecule has 5 nitrogen and oxygen atoms in total. The highest BCUT2D eigenvalue weighted by Crippen LogP contribution is 2.14. The largest absolute Gasteiger partial charge is 0.481 e. The Morgan fingerprint density at radius 3 is 2.31 bits per heavy atom. The lowest BCUT2D eigenvalue weighted by atomic mass is 9.94. The summed E-state index contributed by atoms with van der Waals surface area (Å²) in [7, 11) is 0. The molecule has 1 heterocycles. The highest BCUT2D eigenvalue weighted by molar-refractivity contribution is 5.77. The van der Waals surface area contributed by atoms with Crippen LogP contribution in [0.2, 0.25) is 0 Å². The minimum atomic E-state index is -0.911. The van der Waals surface area contributed by atoms with Crippen molar-refractivity contribution < 1.29 is 14.7 Å². The van der Waals surface area contributed by atoms with Crippen LogP contribution in [0, 0.1) is 5.41 Å². The van der Waals surface area contributed by atoms with Gasteiger partial charge in [-0.25, -0.2) is 4.79 Å². The van der Waals surface area contributed by atoms with Crippen molar-refractivity contribution in [2.75, 3.05) is 19.6 Å². The van der Waals surface area contributed by atoms with E-state index in [-0.39, 0.29) is 12.6 Å². The fourth-order valence-corrected chi connectivity index (χ4v) is 1.58. The van der Waals surface area contributed by atoms with E-state index in [1.54, 1.807) is 18.7 Å². The normalized spacial score (nSPS) is 17.0. The van der Waals surface area contributed by atoms with Gasteiger partial charge in [0.1, 0.15) is 0 Å². The number of hydrogen-bond acceptors (Lipinski definition) is 2. The summed E-state index contributed by atoms with van der Waals surface area (Å²) in [5.74, 6) is -0.897. The van der Waals surface area contributed by atoms with E-state index >= 15 is 0 Å². The summed E-state index contributed by atoms with van der Waals surface area (Å²) in [6.07, 6.45) is 3.25. The number of carboxylic acid groups (broad SMARTS) is 1. The number of piperidine rings is 1. The number of carbonyl (C=O) groups excluding carboxylic acids is 1. The number of likely N-dealkylation sites (tertiary alicyclic amines) is 1. The summed E-state index contributed by atoms with van der Waals surface area (Å²) in [5, 5.41) is 11.6. The summed E-state index contributed by atoms with van der Waals surface area (Å²) in [6, 6.07) is -0.144. The third kappa shape index (κ3) is 3.40. The maximum Gasteiger partial charge on any atom is 0.317 e. The summed E-state index contributed by atoms with van der Waals surface area (Å²) in [6.45, 7) is 4.92. The van der Waals surface area contributed by atoms with Gasteiger partial charge in [-0.2, -0.15) is 0 Å². The first-order chi connectivity index (χ1) is 7.43. The predicted molar refractivity (Wildman–Crippen MR) is 60.2 cm³/mol. The fraction of sp³-hybridized carbons (Fsp3) is 0.818. The van der Waals surface area contributed by atoms with Gasteiger partial charge in [0.05, 0.1) is 5.41 Å². The Labute approximate surface area is 95.8 Å². The van der Waals surface area contributed by atoms with Gasteiger partial charge in [0, 0.05) is 19.6 Å². The molecule has 2 N–H and O–H groups in total. The second-order valence-corrected chi connectivity index (χ2v) is 4.90. The molecule has 1 saturated heterocycles. The Kier molecular flexibility index (Phi) is 4.15. The van der Waals surface area contributed by atoms with Gasteiger partial charge >= 0.3 is 12.0 Å². The van der Waals surface area contributed by atoms with Crippen molar-refractivity contribution in [3.8, 4) is 0 Å². The third-order valence-electron chi connectivity index (χ3n) is 2.90. The monoisotopic (exact) mass is 228 g/mol. The first-order valence-corrected chi connectivity index (χ1v) is 5.70. The van der Waals surface area contributed by atoms with Crippen molar-refractivity contribution in [2.24, 2.45) is 5.41 Å². The molecular formula is C11H20N2O3. The van der Waals surface area contributed by atoms with E-state index in [2.05, 4.69) is 5.32 Å². The van der Waals surface area contributed by atoms with Gasteiger partial charge in [0.25, 0.3) is 0 Å². The molecule has 0 aromatic rings. The van der Waals surface area contributed by atoms with Gasteiger partial charge in [0.2, 0.25) is 0 Å². The van der Waals surface area contributed by atoms with E-state index < -0.39 is 11.4 Å². The predicted octanol–water partition coefficient (Wildman–Crippen LogP) is 1.29. The molecule has 0 unspecified atom stereocenters. The van der Waals surface area contributed by atoms with Gasteiger partial charge in [-0.1, -0.05) is 0 Å². The van der Waals surface area contributed by atoms with Crippen LogP contribution in [0.15, 0.2) is 0 Å². The molecule has 0 aliphatic carbocycles. The number of carboxylic acids is 1. The summed E-state index contributed by atoms with van der Waals surface area (Å²) >= 11 is 0. The molecule has 0 radical (unpaired) electrons. The van der Waals surface area contributed by atoms with Crippen molar-refractivity contribution in [1.82, 2.24) is 10.2 Å². The Balaban J connectivity index is 2.37. The highest BCUT2D eigenvalue weighted by Gasteiger charge is 2.28. The van der Waals surface area contributed by atoms with Crippen LogP contribution in [0.4, 0.5) is 4.79 Å². The molecule has 92 valence electrons. The zero-order chi connectivity index (χ0) is 12.2. The quantitative estimate of drug-likeness (QED) is 0.764. The van der Waals surface area contributed by atoms with Crippen LogP contribution in [-0.2, 0) is 4.79 Å². The summed E-state index contributed by atoms with van der Waals surface area (Å²) in [5.41, 5.74) is -0.911. The minimum absolute atomic E-state index is 0.144.